The minimum Gasteiger partial charge on any atom is -0.354 e. The average molecular weight is 380 g/mol. The molecule has 0 bridgehead atoms. The van der Waals surface area contributed by atoms with Gasteiger partial charge in [-0.15, -0.1) is 0 Å². The smallest absolute Gasteiger partial charge is 0.237 e. The van der Waals surface area contributed by atoms with Crippen LogP contribution in [0, 0.1) is 5.92 Å². The van der Waals surface area contributed by atoms with E-state index in [0.29, 0.717) is 45.2 Å². The Kier molecular flexibility index (Phi) is 7.07. The molecule has 0 aromatic carbocycles. The maximum Gasteiger partial charge on any atom is 0.237 e. The lowest BCUT2D eigenvalue weighted by Crippen LogP contribution is -2.53. The number of rotatable bonds is 5. The van der Waals surface area contributed by atoms with Gasteiger partial charge in [0.15, 0.2) is 0 Å². The van der Waals surface area contributed by atoms with Crippen molar-refractivity contribution >= 4 is 17.7 Å². The first-order chi connectivity index (χ1) is 13.0. The molecule has 2 N–H and O–H groups in total. The van der Waals surface area contributed by atoms with Crippen LogP contribution in [0.5, 0.6) is 0 Å². The van der Waals surface area contributed by atoms with Crippen LogP contribution in [0.4, 0.5) is 0 Å². The zero-order valence-corrected chi connectivity index (χ0v) is 16.4. The molecule has 8 nitrogen and oxygen atoms in total. The van der Waals surface area contributed by atoms with Crippen molar-refractivity contribution < 1.29 is 14.4 Å². The number of nitrogens with zero attached hydrogens (tertiary/aromatic N) is 3. The van der Waals surface area contributed by atoms with E-state index < -0.39 is 0 Å². The molecule has 0 radical (unpaired) electrons. The molecule has 3 aliphatic rings. The van der Waals surface area contributed by atoms with Crippen molar-refractivity contribution in [3.05, 3.63) is 0 Å². The molecule has 8 heteroatoms. The third-order valence-corrected chi connectivity index (χ3v) is 5.98. The van der Waals surface area contributed by atoms with E-state index in [9.17, 15) is 14.4 Å². The summed E-state index contributed by atoms with van der Waals surface area (Å²) in [6.45, 7) is 7.94. The Balaban J connectivity index is 1.38. The van der Waals surface area contributed by atoms with Crippen molar-refractivity contribution in [3.8, 4) is 0 Å². The third-order valence-electron chi connectivity index (χ3n) is 5.98. The van der Waals surface area contributed by atoms with Crippen LogP contribution < -0.4 is 10.6 Å². The summed E-state index contributed by atoms with van der Waals surface area (Å²) in [5.41, 5.74) is 0. The van der Waals surface area contributed by atoms with Crippen molar-refractivity contribution in [2.45, 2.75) is 38.6 Å². The molecule has 3 saturated heterocycles. The van der Waals surface area contributed by atoms with Crippen LogP contribution in [0.1, 0.15) is 32.6 Å². The zero-order chi connectivity index (χ0) is 19.2. The van der Waals surface area contributed by atoms with Gasteiger partial charge in [0, 0.05) is 46.2 Å². The Bertz CT molecular complexity index is 541. The fourth-order valence-corrected chi connectivity index (χ4v) is 4.30. The summed E-state index contributed by atoms with van der Waals surface area (Å²) in [6, 6.07) is -0.0278. The van der Waals surface area contributed by atoms with Gasteiger partial charge in [-0.1, -0.05) is 0 Å². The molecule has 3 rings (SSSR count). The lowest BCUT2D eigenvalue weighted by atomic mass is 9.97. The van der Waals surface area contributed by atoms with Gasteiger partial charge in [0.2, 0.25) is 17.7 Å². The van der Waals surface area contributed by atoms with E-state index in [1.165, 1.54) is 0 Å². The number of amides is 3. The highest BCUT2D eigenvalue weighted by Gasteiger charge is 2.27. The number of hydrogen-bond acceptors (Lipinski definition) is 5. The van der Waals surface area contributed by atoms with Crippen LogP contribution in [0.3, 0.4) is 0 Å². The van der Waals surface area contributed by atoms with Gasteiger partial charge in [0.1, 0.15) is 0 Å². The molecule has 3 heterocycles. The lowest BCUT2D eigenvalue weighted by Gasteiger charge is -2.37. The molecule has 2 atom stereocenters. The topological polar surface area (TPSA) is 85.0 Å². The maximum absolute atomic E-state index is 12.6. The highest BCUT2D eigenvalue weighted by atomic mass is 16.2. The number of piperidine rings is 1. The number of carbonyl (C=O) groups is 3. The Morgan fingerprint density at radius 3 is 2.41 bits per heavy atom. The molecule has 0 aromatic heterocycles. The van der Waals surface area contributed by atoms with Crippen LogP contribution in [-0.4, -0.2) is 97.4 Å². The minimum atomic E-state index is -0.0278. The van der Waals surface area contributed by atoms with Gasteiger partial charge >= 0.3 is 0 Å². The van der Waals surface area contributed by atoms with Crippen molar-refractivity contribution in [1.82, 2.24) is 25.3 Å². The second-order valence-electron chi connectivity index (χ2n) is 8.02. The Hall–Kier alpha value is -1.67. The molecule has 27 heavy (non-hydrogen) atoms. The van der Waals surface area contributed by atoms with Crippen LogP contribution >= 0.6 is 0 Å². The number of likely N-dealkylation sites (tertiary alicyclic amines) is 1. The first-order valence-corrected chi connectivity index (χ1v) is 10.3. The standard InChI is InChI=1S/C19H33N5O3/c1-15(25)23-8-10-24(11-9-23)18(26)14-22-7-3-4-16(13-22)12-21-19(27)17-5-2-6-20-17/h16-17,20H,2-14H2,1H3,(H,21,27). The molecule has 0 aromatic rings. The predicted octanol–water partition coefficient (Wildman–Crippen LogP) is -0.743. The van der Waals surface area contributed by atoms with Gasteiger partial charge in [-0.05, 0) is 44.7 Å². The molecule has 0 saturated carbocycles. The minimum absolute atomic E-state index is 0.0278. The second kappa shape index (κ2) is 9.50. The van der Waals surface area contributed by atoms with E-state index in [0.717, 1.165) is 45.3 Å². The van der Waals surface area contributed by atoms with Gasteiger partial charge in [0.25, 0.3) is 0 Å². The third kappa shape index (κ3) is 5.65. The summed E-state index contributed by atoms with van der Waals surface area (Å²) in [4.78, 5) is 42.0. The van der Waals surface area contributed by atoms with Crippen LogP contribution in [0.25, 0.3) is 0 Å². The summed E-state index contributed by atoms with van der Waals surface area (Å²) in [7, 11) is 0. The fourth-order valence-electron chi connectivity index (χ4n) is 4.30. The molecule has 2 unspecified atom stereocenters. The van der Waals surface area contributed by atoms with Crippen molar-refractivity contribution in [3.63, 3.8) is 0 Å². The van der Waals surface area contributed by atoms with E-state index in [1.54, 1.807) is 11.8 Å². The molecular weight excluding hydrogens is 346 g/mol. The molecule has 3 aliphatic heterocycles. The maximum atomic E-state index is 12.6. The van der Waals surface area contributed by atoms with Gasteiger partial charge in [0.05, 0.1) is 12.6 Å². The first kappa shape index (κ1) is 20.1. The van der Waals surface area contributed by atoms with E-state index in [4.69, 9.17) is 0 Å². The monoisotopic (exact) mass is 379 g/mol. The molecule has 3 fully saturated rings. The van der Waals surface area contributed by atoms with Crippen LogP contribution in [0.2, 0.25) is 0 Å². The van der Waals surface area contributed by atoms with E-state index in [2.05, 4.69) is 15.5 Å². The van der Waals surface area contributed by atoms with Crippen LogP contribution in [-0.2, 0) is 14.4 Å². The van der Waals surface area contributed by atoms with E-state index in [-0.39, 0.29) is 23.8 Å². The highest BCUT2D eigenvalue weighted by molar-refractivity contribution is 5.82. The molecule has 152 valence electrons. The Labute approximate surface area is 161 Å². The molecule has 3 amide bonds. The summed E-state index contributed by atoms with van der Waals surface area (Å²) in [5.74, 6) is 0.754. The van der Waals surface area contributed by atoms with Gasteiger partial charge < -0.3 is 20.4 Å². The number of nitrogens with one attached hydrogen (secondary N) is 2. The van der Waals surface area contributed by atoms with Gasteiger partial charge in [-0.2, -0.15) is 0 Å². The largest absolute Gasteiger partial charge is 0.354 e. The number of hydrogen-bond donors (Lipinski definition) is 2. The quantitative estimate of drug-likeness (QED) is 0.657. The fraction of sp³-hybridized carbons (Fsp3) is 0.842. The Morgan fingerprint density at radius 2 is 1.74 bits per heavy atom. The van der Waals surface area contributed by atoms with Crippen molar-refractivity contribution in [1.29, 1.82) is 0 Å². The lowest BCUT2D eigenvalue weighted by molar-refractivity contribution is -0.139. The summed E-state index contributed by atoms with van der Waals surface area (Å²) in [5, 5.41) is 6.31. The van der Waals surface area contributed by atoms with Crippen molar-refractivity contribution in [2.75, 3.05) is 58.9 Å². The normalized spacial score (nSPS) is 26.9. The summed E-state index contributed by atoms with van der Waals surface area (Å²) < 4.78 is 0. The van der Waals surface area contributed by atoms with E-state index >= 15 is 0 Å². The Morgan fingerprint density at radius 1 is 1.00 bits per heavy atom. The highest BCUT2D eigenvalue weighted by Crippen LogP contribution is 2.16. The molecular formula is C19H33N5O3. The van der Waals surface area contributed by atoms with Crippen LogP contribution in [0.15, 0.2) is 0 Å². The molecule has 0 spiro atoms. The number of carbonyl (C=O) groups excluding carboxylic acids is 3. The predicted molar refractivity (Wildman–Crippen MR) is 102 cm³/mol. The second-order valence-corrected chi connectivity index (χ2v) is 8.02. The average Bonchev–Trinajstić information content (AvgIpc) is 3.21. The van der Waals surface area contributed by atoms with Crippen molar-refractivity contribution in [2.24, 2.45) is 5.92 Å². The molecule has 0 aliphatic carbocycles. The zero-order valence-electron chi connectivity index (χ0n) is 16.4. The van der Waals surface area contributed by atoms with E-state index in [1.807, 2.05) is 4.90 Å². The van der Waals surface area contributed by atoms with Gasteiger partial charge in [-0.3, -0.25) is 19.3 Å². The van der Waals surface area contributed by atoms with Gasteiger partial charge in [-0.25, -0.2) is 0 Å². The number of piperazine rings is 1. The first-order valence-electron chi connectivity index (χ1n) is 10.3. The summed E-state index contributed by atoms with van der Waals surface area (Å²) >= 11 is 0. The summed E-state index contributed by atoms with van der Waals surface area (Å²) in [6.07, 6.45) is 4.15. The SMILES string of the molecule is CC(=O)N1CCN(C(=O)CN2CCCC(CNC(=O)C3CCCN3)C2)CC1.